The summed E-state index contributed by atoms with van der Waals surface area (Å²) in [6.07, 6.45) is 2.46. The fourth-order valence-electron chi connectivity index (χ4n) is 4.72. The van der Waals surface area contributed by atoms with Gasteiger partial charge >= 0.3 is 6.03 Å². The van der Waals surface area contributed by atoms with Crippen LogP contribution < -0.4 is 0 Å². The van der Waals surface area contributed by atoms with Gasteiger partial charge in [-0.15, -0.1) is 0 Å². The third-order valence-corrected chi connectivity index (χ3v) is 6.14. The number of piperidine rings is 1. The number of carbonyl (C=O) groups is 2. The number of likely N-dealkylation sites (N-methyl/N-ethyl adjacent to an activating group) is 1. The van der Waals surface area contributed by atoms with E-state index < -0.39 is 0 Å². The maximum Gasteiger partial charge on any atom is 0.320 e. The summed E-state index contributed by atoms with van der Waals surface area (Å²) in [6, 6.07) is 6.60. The molecular formula is C20H26FN3O3. The second kappa shape index (κ2) is 7.11. The molecule has 6 nitrogen and oxygen atoms in total. The molecule has 0 saturated carbocycles. The van der Waals surface area contributed by atoms with Gasteiger partial charge in [0.2, 0.25) is 5.91 Å². The highest BCUT2D eigenvalue weighted by Crippen LogP contribution is 2.37. The number of halogens is 1. The van der Waals surface area contributed by atoms with Crippen molar-refractivity contribution in [3.63, 3.8) is 0 Å². The van der Waals surface area contributed by atoms with Gasteiger partial charge in [-0.2, -0.15) is 0 Å². The van der Waals surface area contributed by atoms with Gasteiger partial charge in [0.15, 0.2) is 0 Å². The Kier molecular flexibility index (Phi) is 4.80. The van der Waals surface area contributed by atoms with Gasteiger partial charge in [0.1, 0.15) is 5.82 Å². The van der Waals surface area contributed by atoms with E-state index in [4.69, 9.17) is 4.74 Å². The zero-order chi connectivity index (χ0) is 19.0. The Balaban J connectivity index is 1.39. The number of benzene rings is 1. The lowest BCUT2D eigenvalue weighted by molar-refractivity contribution is -0.132. The number of hydrogen-bond acceptors (Lipinski definition) is 3. The van der Waals surface area contributed by atoms with Crippen LogP contribution in [-0.2, 0) is 16.0 Å². The second-order valence-corrected chi connectivity index (χ2v) is 7.92. The van der Waals surface area contributed by atoms with Crippen LogP contribution in [0.4, 0.5) is 9.18 Å². The average Bonchev–Trinajstić information content (AvgIpc) is 3.22. The van der Waals surface area contributed by atoms with Crippen molar-refractivity contribution in [1.29, 1.82) is 0 Å². The molecule has 1 aromatic rings. The number of likely N-dealkylation sites (tertiary alicyclic amines) is 1. The van der Waals surface area contributed by atoms with Gasteiger partial charge in [0, 0.05) is 39.3 Å². The number of amides is 3. The summed E-state index contributed by atoms with van der Waals surface area (Å²) in [5.74, 6) is -0.392. The van der Waals surface area contributed by atoms with Crippen LogP contribution in [0.3, 0.4) is 0 Å². The van der Waals surface area contributed by atoms with Crippen molar-refractivity contribution in [1.82, 2.24) is 14.7 Å². The Morgan fingerprint density at radius 1 is 1.30 bits per heavy atom. The molecule has 3 aliphatic rings. The smallest absolute Gasteiger partial charge is 0.320 e. The molecule has 3 heterocycles. The predicted octanol–water partition coefficient (Wildman–Crippen LogP) is 1.89. The molecule has 146 valence electrons. The molecule has 27 heavy (non-hydrogen) atoms. The molecule has 7 heteroatoms. The van der Waals surface area contributed by atoms with E-state index >= 15 is 0 Å². The summed E-state index contributed by atoms with van der Waals surface area (Å²) < 4.78 is 19.4. The molecule has 0 bridgehead atoms. The molecule has 0 N–H and O–H groups in total. The van der Waals surface area contributed by atoms with Crippen molar-refractivity contribution < 1.29 is 18.7 Å². The number of hydrogen-bond donors (Lipinski definition) is 0. The van der Waals surface area contributed by atoms with Crippen LogP contribution in [0.25, 0.3) is 0 Å². The van der Waals surface area contributed by atoms with E-state index in [-0.39, 0.29) is 35.8 Å². The summed E-state index contributed by atoms with van der Waals surface area (Å²) >= 11 is 0. The quantitative estimate of drug-likeness (QED) is 0.811. The molecule has 0 aliphatic carbocycles. The first kappa shape index (κ1) is 18.2. The van der Waals surface area contributed by atoms with Crippen LogP contribution >= 0.6 is 0 Å². The van der Waals surface area contributed by atoms with E-state index in [0.29, 0.717) is 38.4 Å². The van der Waals surface area contributed by atoms with E-state index in [1.54, 1.807) is 28.0 Å². The lowest BCUT2D eigenvalue weighted by Crippen LogP contribution is -2.56. The molecular weight excluding hydrogens is 349 g/mol. The van der Waals surface area contributed by atoms with Gasteiger partial charge in [-0.1, -0.05) is 18.2 Å². The Morgan fingerprint density at radius 2 is 2.04 bits per heavy atom. The highest BCUT2D eigenvalue weighted by Gasteiger charge is 2.53. The highest BCUT2D eigenvalue weighted by molar-refractivity contribution is 5.80. The fourth-order valence-corrected chi connectivity index (χ4v) is 4.72. The normalized spacial score (nSPS) is 26.4. The number of ether oxygens (including phenoxy) is 1. The van der Waals surface area contributed by atoms with Crippen LogP contribution in [-0.4, -0.2) is 78.1 Å². The fraction of sp³-hybridized carbons (Fsp3) is 0.600. The molecule has 1 atom stereocenters. The molecule has 4 rings (SSSR count). The zero-order valence-corrected chi connectivity index (χ0v) is 15.7. The highest BCUT2D eigenvalue weighted by atomic mass is 19.1. The van der Waals surface area contributed by atoms with Gasteiger partial charge in [0.25, 0.3) is 0 Å². The first-order valence-corrected chi connectivity index (χ1v) is 9.63. The summed E-state index contributed by atoms with van der Waals surface area (Å²) in [4.78, 5) is 30.9. The zero-order valence-electron chi connectivity index (χ0n) is 15.7. The van der Waals surface area contributed by atoms with Crippen LogP contribution in [0, 0.1) is 5.82 Å². The number of carbonyl (C=O) groups excluding carboxylic acids is 2. The predicted molar refractivity (Wildman–Crippen MR) is 97.7 cm³/mol. The monoisotopic (exact) mass is 375 g/mol. The summed E-state index contributed by atoms with van der Waals surface area (Å²) in [5, 5.41) is 0. The van der Waals surface area contributed by atoms with Crippen LogP contribution in [0.1, 0.15) is 24.8 Å². The summed E-state index contributed by atoms with van der Waals surface area (Å²) in [7, 11) is 1.84. The van der Waals surface area contributed by atoms with Crippen molar-refractivity contribution >= 4 is 11.9 Å². The van der Waals surface area contributed by atoms with Crippen molar-refractivity contribution in [2.24, 2.45) is 0 Å². The van der Waals surface area contributed by atoms with Gasteiger partial charge in [-0.25, -0.2) is 9.18 Å². The molecule has 1 aromatic carbocycles. The Morgan fingerprint density at radius 3 is 2.70 bits per heavy atom. The number of nitrogens with zero attached hydrogens (tertiary/aromatic N) is 3. The SMILES string of the molecule is CN1CC2(CCOC2)N(C2CCN(C(=O)Cc3ccccc3F)CC2)C1=O. The minimum atomic E-state index is -0.338. The largest absolute Gasteiger partial charge is 0.379 e. The molecule has 1 unspecified atom stereocenters. The van der Waals surface area contributed by atoms with Crippen molar-refractivity contribution in [3.8, 4) is 0 Å². The molecule has 0 radical (unpaired) electrons. The van der Waals surface area contributed by atoms with Crippen molar-refractivity contribution in [2.75, 3.05) is 39.9 Å². The summed E-state index contributed by atoms with van der Waals surface area (Å²) in [5.41, 5.74) is 0.221. The minimum Gasteiger partial charge on any atom is -0.379 e. The second-order valence-electron chi connectivity index (χ2n) is 7.92. The Hall–Kier alpha value is -2.15. The first-order valence-electron chi connectivity index (χ1n) is 9.63. The third kappa shape index (κ3) is 3.29. The maximum absolute atomic E-state index is 13.8. The lowest BCUT2D eigenvalue weighted by atomic mass is 9.92. The first-order chi connectivity index (χ1) is 13.0. The van der Waals surface area contributed by atoms with Gasteiger partial charge in [-0.05, 0) is 30.9 Å². The molecule has 1 spiro atoms. The molecule has 0 aromatic heterocycles. The van der Waals surface area contributed by atoms with Crippen molar-refractivity contribution in [2.45, 2.75) is 37.3 Å². The van der Waals surface area contributed by atoms with E-state index in [9.17, 15) is 14.0 Å². The Bertz CT molecular complexity index is 727. The topological polar surface area (TPSA) is 53.1 Å². The molecule has 3 aliphatic heterocycles. The average molecular weight is 375 g/mol. The number of rotatable bonds is 3. The van der Waals surface area contributed by atoms with Gasteiger partial charge in [0.05, 0.1) is 18.6 Å². The van der Waals surface area contributed by atoms with Crippen LogP contribution in [0.15, 0.2) is 24.3 Å². The standard InChI is InChI=1S/C20H26FN3O3/c1-22-13-20(8-11-27-14-20)24(19(22)26)16-6-9-23(10-7-16)18(25)12-15-4-2-3-5-17(15)21/h2-5,16H,6-14H2,1H3. The van der Waals surface area contributed by atoms with Crippen LogP contribution in [0.2, 0.25) is 0 Å². The number of urea groups is 1. The van der Waals surface area contributed by atoms with E-state index in [1.165, 1.54) is 6.07 Å². The molecule has 3 amide bonds. The van der Waals surface area contributed by atoms with Crippen molar-refractivity contribution in [3.05, 3.63) is 35.6 Å². The third-order valence-electron chi connectivity index (χ3n) is 6.14. The Labute approximate surface area is 158 Å². The molecule has 3 fully saturated rings. The van der Waals surface area contributed by atoms with E-state index in [0.717, 1.165) is 19.3 Å². The minimum absolute atomic E-state index is 0.0534. The van der Waals surface area contributed by atoms with E-state index in [2.05, 4.69) is 0 Å². The van der Waals surface area contributed by atoms with Gasteiger partial charge < -0.3 is 19.4 Å². The van der Waals surface area contributed by atoms with E-state index in [1.807, 2.05) is 11.9 Å². The van der Waals surface area contributed by atoms with Gasteiger partial charge in [-0.3, -0.25) is 4.79 Å². The summed E-state index contributed by atoms with van der Waals surface area (Å²) in [6.45, 7) is 3.19. The van der Waals surface area contributed by atoms with Crippen LogP contribution in [0.5, 0.6) is 0 Å². The maximum atomic E-state index is 13.8. The molecule has 3 saturated heterocycles. The lowest BCUT2D eigenvalue weighted by Gasteiger charge is -2.42.